The number of fused-ring (bicyclic) bond motifs is 1. The molecule has 0 N–H and O–H groups in total. The van der Waals surface area contributed by atoms with Gasteiger partial charge in [0, 0.05) is 12.1 Å². The van der Waals surface area contributed by atoms with Crippen LogP contribution in [0.3, 0.4) is 0 Å². The van der Waals surface area contributed by atoms with Crippen molar-refractivity contribution in [3.8, 4) is 0 Å². The fourth-order valence-electron chi connectivity index (χ4n) is 1.63. The molecule has 1 aliphatic rings. The minimum atomic E-state index is -4.49. The van der Waals surface area contributed by atoms with E-state index in [-0.39, 0.29) is 16.6 Å². The maximum Gasteiger partial charge on any atom is 0.433 e. The smallest absolute Gasteiger partial charge is 0.280 e. The minimum absolute atomic E-state index is 0.0186. The van der Waals surface area contributed by atoms with E-state index in [0.717, 1.165) is 12.1 Å². The van der Waals surface area contributed by atoms with Crippen LogP contribution in [0.15, 0.2) is 21.6 Å². The molecule has 1 nitrogen and oxygen atoms in total. The maximum absolute atomic E-state index is 13.2. The summed E-state index contributed by atoms with van der Waals surface area (Å²) in [5, 5.41) is 0. The number of hydrogen-bond acceptors (Lipinski definition) is 1. The molecule has 2 rings (SSSR count). The van der Waals surface area contributed by atoms with Gasteiger partial charge < -0.3 is 0 Å². The fourth-order valence-corrected chi connectivity index (χ4v) is 1.97. The van der Waals surface area contributed by atoms with Crippen LogP contribution in [0.2, 0.25) is 0 Å². The van der Waals surface area contributed by atoms with E-state index < -0.39 is 17.7 Å². The first-order valence-electron chi connectivity index (χ1n) is 4.49. The second-order valence-electron chi connectivity index (χ2n) is 3.40. The summed E-state index contributed by atoms with van der Waals surface area (Å²) >= 11 is 2.87. The van der Waals surface area contributed by atoms with E-state index in [1.54, 1.807) is 0 Å². The van der Waals surface area contributed by atoms with Crippen LogP contribution in [0.25, 0.3) is 0 Å². The van der Waals surface area contributed by atoms with Gasteiger partial charge in [-0.3, -0.25) is 4.99 Å². The SMILES string of the molecule is Fc1cc2c(cc1Br)C(C(F)(F)F)=NCC2. The Morgan fingerprint density at radius 1 is 1.25 bits per heavy atom. The third kappa shape index (κ3) is 1.98. The first-order chi connectivity index (χ1) is 7.39. The normalized spacial score (nSPS) is 15.7. The van der Waals surface area contributed by atoms with Gasteiger partial charge in [-0.05, 0) is 40.0 Å². The Kier molecular flexibility index (Phi) is 2.77. The molecule has 0 amide bonds. The number of hydrogen-bond donors (Lipinski definition) is 0. The van der Waals surface area contributed by atoms with Crippen LogP contribution < -0.4 is 0 Å². The van der Waals surface area contributed by atoms with Crippen LogP contribution >= 0.6 is 15.9 Å². The molecule has 0 spiro atoms. The average Bonchev–Trinajstić information content (AvgIpc) is 2.17. The zero-order valence-electron chi connectivity index (χ0n) is 7.91. The molecule has 0 unspecified atom stereocenters. The molecule has 1 aliphatic heterocycles. The molecule has 0 saturated carbocycles. The molecular weight excluding hydrogens is 290 g/mol. The van der Waals surface area contributed by atoms with E-state index >= 15 is 0 Å². The molecule has 1 heterocycles. The summed E-state index contributed by atoms with van der Waals surface area (Å²) < 4.78 is 51.0. The second kappa shape index (κ2) is 3.84. The number of aliphatic imine (C=N–C) groups is 1. The van der Waals surface area contributed by atoms with Crippen LogP contribution in [-0.4, -0.2) is 18.4 Å². The van der Waals surface area contributed by atoms with Crippen molar-refractivity contribution in [3.05, 3.63) is 33.5 Å². The number of rotatable bonds is 0. The summed E-state index contributed by atoms with van der Waals surface area (Å²) in [5.41, 5.74) is -0.607. The van der Waals surface area contributed by atoms with Gasteiger partial charge in [0.1, 0.15) is 11.5 Å². The van der Waals surface area contributed by atoms with Crippen molar-refractivity contribution < 1.29 is 17.6 Å². The molecule has 0 bridgehead atoms. The summed E-state index contributed by atoms with van der Waals surface area (Å²) in [5.74, 6) is -0.554. The second-order valence-corrected chi connectivity index (χ2v) is 4.26. The lowest BCUT2D eigenvalue weighted by Crippen LogP contribution is -2.28. The van der Waals surface area contributed by atoms with Crippen LogP contribution in [0.1, 0.15) is 11.1 Å². The van der Waals surface area contributed by atoms with Crippen LogP contribution in [-0.2, 0) is 6.42 Å². The van der Waals surface area contributed by atoms with E-state index in [1.807, 2.05) is 0 Å². The zero-order chi connectivity index (χ0) is 11.9. The number of halogens is 5. The monoisotopic (exact) mass is 295 g/mol. The molecule has 0 aliphatic carbocycles. The number of nitrogens with zero attached hydrogens (tertiary/aromatic N) is 1. The fraction of sp³-hybridized carbons (Fsp3) is 0.300. The lowest BCUT2D eigenvalue weighted by Gasteiger charge is -2.19. The first-order valence-corrected chi connectivity index (χ1v) is 5.29. The summed E-state index contributed by atoms with van der Waals surface area (Å²) in [7, 11) is 0. The summed E-state index contributed by atoms with van der Waals surface area (Å²) in [6.45, 7) is 0.0446. The highest BCUT2D eigenvalue weighted by atomic mass is 79.9. The Morgan fingerprint density at radius 2 is 1.94 bits per heavy atom. The Balaban J connectivity index is 2.58. The maximum atomic E-state index is 13.2. The van der Waals surface area contributed by atoms with E-state index in [1.165, 1.54) is 0 Å². The highest BCUT2D eigenvalue weighted by Gasteiger charge is 2.39. The van der Waals surface area contributed by atoms with Crippen molar-refractivity contribution in [2.75, 3.05) is 6.54 Å². The van der Waals surface area contributed by atoms with Crippen molar-refractivity contribution in [2.45, 2.75) is 12.6 Å². The Morgan fingerprint density at radius 3 is 2.56 bits per heavy atom. The van der Waals surface area contributed by atoms with Gasteiger partial charge in [0.05, 0.1) is 4.47 Å². The summed E-state index contributed by atoms with van der Waals surface area (Å²) in [6, 6.07) is 2.26. The summed E-state index contributed by atoms with van der Waals surface area (Å²) in [6.07, 6.45) is -4.16. The molecule has 0 saturated heterocycles. The van der Waals surface area contributed by atoms with Crippen molar-refractivity contribution in [1.29, 1.82) is 0 Å². The standard InChI is InChI=1S/C10H6BrF4N/c11-7-4-6-5(3-8(7)12)1-2-16-9(6)10(13,14)15/h3-4H,1-2H2. The van der Waals surface area contributed by atoms with Crippen LogP contribution in [0.4, 0.5) is 17.6 Å². The van der Waals surface area contributed by atoms with Gasteiger partial charge in [-0.2, -0.15) is 13.2 Å². The van der Waals surface area contributed by atoms with Crippen molar-refractivity contribution in [3.63, 3.8) is 0 Å². The highest BCUT2D eigenvalue weighted by molar-refractivity contribution is 9.10. The first kappa shape index (κ1) is 11.6. The third-order valence-electron chi connectivity index (χ3n) is 2.32. The van der Waals surface area contributed by atoms with Crippen LogP contribution in [0, 0.1) is 5.82 Å². The lowest BCUT2D eigenvalue weighted by molar-refractivity contribution is -0.0584. The van der Waals surface area contributed by atoms with E-state index in [0.29, 0.717) is 12.0 Å². The van der Waals surface area contributed by atoms with E-state index in [4.69, 9.17) is 0 Å². The quantitative estimate of drug-likeness (QED) is 0.650. The number of alkyl halides is 3. The molecule has 0 fully saturated rings. The van der Waals surface area contributed by atoms with E-state index in [2.05, 4.69) is 20.9 Å². The highest BCUT2D eigenvalue weighted by Crippen LogP contribution is 2.30. The van der Waals surface area contributed by atoms with Gasteiger partial charge >= 0.3 is 6.18 Å². The van der Waals surface area contributed by atoms with Gasteiger partial charge in [0.2, 0.25) is 0 Å². The number of benzene rings is 1. The van der Waals surface area contributed by atoms with Gasteiger partial charge in [0.25, 0.3) is 0 Å². The van der Waals surface area contributed by atoms with Gasteiger partial charge in [-0.25, -0.2) is 4.39 Å². The predicted molar refractivity (Wildman–Crippen MR) is 55.3 cm³/mol. The molecule has 1 aromatic carbocycles. The van der Waals surface area contributed by atoms with E-state index in [9.17, 15) is 17.6 Å². The van der Waals surface area contributed by atoms with Crippen molar-refractivity contribution in [2.24, 2.45) is 4.99 Å². The van der Waals surface area contributed by atoms with Gasteiger partial charge in [-0.1, -0.05) is 0 Å². The van der Waals surface area contributed by atoms with Crippen molar-refractivity contribution >= 4 is 21.6 Å². The minimum Gasteiger partial charge on any atom is -0.280 e. The Bertz CT molecular complexity index is 465. The summed E-state index contributed by atoms with van der Waals surface area (Å²) in [4.78, 5) is 3.46. The third-order valence-corrected chi connectivity index (χ3v) is 2.93. The molecule has 86 valence electrons. The molecule has 6 heteroatoms. The van der Waals surface area contributed by atoms with Gasteiger partial charge in [-0.15, -0.1) is 0 Å². The molecular formula is C10H6BrF4N. The largest absolute Gasteiger partial charge is 0.433 e. The molecule has 0 aromatic heterocycles. The van der Waals surface area contributed by atoms with Crippen molar-refractivity contribution in [1.82, 2.24) is 0 Å². The average molecular weight is 296 g/mol. The lowest BCUT2D eigenvalue weighted by atomic mass is 9.97. The zero-order valence-corrected chi connectivity index (χ0v) is 9.49. The Hall–Kier alpha value is -0.910. The topological polar surface area (TPSA) is 12.4 Å². The molecule has 0 radical (unpaired) electrons. The van der Waals surface area contributed by atoms with Crippen LogP contribution in [0.5, 0.6) is 0 Å². The Labute approximate surface area is 97.3 Å². The molecule has 0 atom stereocenters. The predicted octanol–water partition coefficient (Wildman–Crippen LogP) is 3.50. The van der Waals surface area contributed by atoms with Gasteiger partial charge in [0.15, 0.2) is 0 Å². The molecule has 16 heavy (non-hydrogen) atoms. The molecule has 1 aromatic rings.